The molecule has 1 aliphatic heterocycles. The maximum Gasteiger partial charge on any atom is 0.238 e. The highest BCUT2D eigenvalue weighted by molar-refractivity contribution is 6.42. The van der Waals surface area contributed by atoms with Crippen molar-refractivity contribution in [3.63, 3.8) is 0 Å². The summed E-state index contributed by atoms with van der Waals surface area (Å²) < 4.78 is 0. The molecular weight excluding hydrogens is 369 g/mol. The van der Waals surface area contributed by atoms with Crippen molar-refractivity contribution < 1.29 is 9.59 Å². The molecule has 0 unspecified atom stereocenters. The molecule has 1 saturated heterocycles. The molecule has 2 bridgehead atoms. The van der Waals surface area contributed by atoms with Crippen LogP contribution >= 0.6 is 23.2 Å². The zero-order chi connectivity index (χ0) is 18.0. The van der Waals surface area contributed by atoms with Gasteiger partial charge in [-0.2, -0.15) is 0 Å². The molecule has 134 valence electrons. The average molecular weight is 388 g/mol. The van der Waals surface area contributed by atoms with Crippen molar-refractivity contribution in [1.82, 2.24) is 0 Å². The number of hydrogen-bond donors (Lipinski definition) is 0. The van der Waals surface area contributed by atoms with E-state index in [1.165, 1.54) is 35.3 Å². The number of benzene rings is 1. The van der Waals surface area contributed by atoms with Crippen LogP contribution in [0.4, 0.5) is 5.69 Å². The largest absolute Gasteiger partial charge is 0.274 e. The zero-order valence-electron chi connectivity index (χ0n) is 14.3. The number of nitrogens with zero attached hydrogens (tertiary/aromatic N) is 1. The molecule has 2 amide bonds. The highest BCUT2D eigenvalue weighted by atomic mass is 35.5. The molecule has 0 radical (unpaired) electrons. The Morgan fingerprint density at radius 2 is 1.46 bits per heavy atom. The van der Waals surface area contributed by atoms with Crippen LogP contribution in [0, 0.1) is 23.7 Å². The predicted octanol–water partition coefficient (Wildman–Crippen LogP) is 5.18. The van der Waals surface area contributed by atoms with Gasteiger partial charge in [-0.25, -0.2) is 4.90 Å². The Balaban J connectivity index is 1.53. The lowest BCUT2D eigenvalue weighted by Crippen LogP contribution is -2.33. The maximum absolute atomic E-state index is 13.2. The van der Waals surface area contributed by atoms with Crippen LogP contribution < -0.4 is 4.90 Å². The molecule has 1 heterocycles. The molecule has 0 N–H and O–H groups in total. The van der Waals surface area contributed by atoms with Gasteiger partial charge in [0.2, 0.25) is 11.8 Å². The van der Waals surface area contributed by atoms with Crippen LogP contribution in [0.1, 0.15) is 32.1 Å². The Kier molecular flexibility index (Phi) is 3.81. The number of hydrogen-bond acceptors (Lipinski definition) is 2. The number of amides is 2. The van der Waals surface area contributed by atoms with Gasteiger partial charge in [0.1, 0.15) is 0 Å². The van der Waals surface area contributed by atoms with Gasteiger partial charge in [-0.15, -0.1) is 0 Å². The minimum absolute atomic E-state index is 0.0934. The first-order valence-corrected chi connectivity index (χ1v) is 10.1. The lowest BCUT2D eigenvalue weighted by Gasteiger charge is -2.23. The first-order chi connectivity index (χ1) is 12.6. The van der Waals surface area contributed by atoms with Crippen LogP contribution in [0.15, 0.2) is 41.5 Å². The smallest absolute Gasteiger partial charge is 0.238 e. The highest BCUT2D eigenvalue weighted by Gasteiger charge is 2.62. The lowest BCUT2D eigenvalue weighted by molar-refractivity contribution is -0.122. The molecule has 3 fully saturated rings. The minimum atomic E-state index is -0.253. The number of carbonyl (C=O) groups is 2. The fourth-order valence-corrected chi connectivity index (χ4v) is 5.67. The molecule has 3 nitrogen and oxygen atoms in total. The molecule has 1 aromatic carbocycles. The molecule has 4 atom stereocenters. The molecule has 3 aliphatic carbocycles. The van der Waals surface area contributed by atoms with Crippen LogP contribution in [0.25, 0.3) is 0 Å². The van der Waals surface area contributed by atoms with E-state index < -0.39 is 0 Å². The van der Waals surface area contributed by atoms with Crippen molar-refractivity contribution in [2.45, 2.75) is 32.1 Å². The van der Waals surface area contributed by atoms with Gasteiger partial charge < -0.3 is 0 Å². The summed E-state index contributed by atoms with van der Waals surface area (Å²) in [4.78, 5) is 27.7. The summed E-state index contributed by atoms with van der Waals surface area (Å²) in [5, 5.41) is 0.772. The summed E-state index contributed by atoms with van der Waals surface area (Å²) in [5.41, 5.74) is 3.41. The number of allylic oxidation sites excluding steroid dienone is 4. The quantitative estimate of drug-likeness (QED) is 0.491. The Morgan fingerprint density at radius 3 is 2.04 bits per heavy atom. The second kappa shape index (κ2) is 5.97. The van der Waals surface area contributed by atoms with E-state index in [2.05, 4.69) is 12.2 Å². The maximum atomic E-state index is 13.2. The van der Waals surface area contributed by atoms with E-state index in [0.29, 0.717) is 15.7 Å². The van der Waals surface area contributed by atoms with E-state index >= 15 is 0 Å². The molecule has 4 aliphatic rings. The van der Waals surface area contributed by atoms with E-state index in [0.717, 1.165) is 12.8 Å². The van der Waals surface area contributed by atoms with Crippen molar-refractivity contribution in [3.8, 4) is 0 Å². The molecule has 5 heteroatoms. The highest BCUT2D eigenvalue weighted by Crippen LogP contribution is 2.58. The van der Waals surface area contributed by atoms with Crippen LogP contribution in [0.3, 0.4) is 0 Å². The van der Waals surface area contributed by atoms with Gasteiger partial charge in [0.25, 0.3) is 0 Å². The second-order valence-corrected chi connectivity index (χ2v) is 8.53. The van der Waals surface area contributed by atoms with E-state index in [9.17, 15) is 9.59 Å². The van der Waals surface area contributed by atoms with Crippen LogP contribution in [-0.2, 0) is 9.59 Å². The van der Waals surface area contributed by atoms with Gasteiger partial charge in [0.05, 0.1) is 27.6 Å². The summed E-state index contributed by atoms with van der Waals surface area (Å²) in [6.07, 6.45) is 10.3. The fourth-order valence-electron chi connectivity index (χ4n) is 5.38. The van der Waals surface area contributed by atoms with E-state index in [1.54, 1.807) is 18.2 Å². The van der Waals surface area contributed by atoms with Crippen LogP contribution in [0.2, 0.25) is 10.0 Å². The van der Waals surface area contributed by atoms with Crippen molar-refractivity contribution in [3.05, 3.63) is 51.5 Å². The molecule has 2 saturated carbocycles. The zero-order valence-corrected chi connectivity index (χ0v) is 15.8. The van der Waals surface area contributed by atoms with Crippen LogP contribution in [0.5, 0.6) is 0 Å². The topological polar surface area (TPSA) is 37.4 Å². The standard InChI is InChI=1S/C21H19Cl2NO2/c22-15-9-6-12(10-16(15)23)24-20(25)18-13-7-8-14(19(18)21(24)26)17(13)11-4-2-1-3-5-11/h6-10,13-14,18-19H,1-5H2/t13-,14+,18-,19-/m0/s1. The number of rotatable bonds is 1. The average Bonchev–Trinajstić information content (AvgIpc) is 3.28. The Morgan fingerprint density at radius 1 is 0.846 bits per heavy atom. The molecular formula is C21H19Cl2NO2. The van der Waals surface area contributed by atoms with E-state index in [-0.39, 0.29) is 35.5 Å². The van der Waals surface area contributed by atoms with Gasteiger partial charge in [-0.1, -0.05) is 52.9 Å². The molecule has 1 aromatic rings. The monoisotopic (exact) mass is 387 g/mol. The molecule has 0 aromatic heterocycles. The van der Waals surface area contributed by atoms with Crippen molar-refractivity contribution in [2.75, 3.05) is 4.90 Å². The predicted molar refractivity (Wildman–Crippen MR) is 102 cm³/mol. The summed E-state index contributed by atoms with van der Waals surface area (Å²) in [5.74, 6) is -0.495. The fraction of sp³-hybridized carbons (Fsp3) is 0.429. The Hall–Kier alpha value is -1.58. The summed E-state index contributed by atoms with van der Waals surface area (Å²) in [7, 11) is 0. The first-order valence-electron chi connectivity index (χ1n) is 9.31. The third-order valence-corrected chi connectivity index (χ3v) is 7.18. The molecule has 5 rings (SSSR count). The SMILES string of the molecule is O=C1[C@@H]2[C@@H](C(=O)N1c1ccc(Cl)c(Cl)c1)[C@H]1C=C[C@@H]2C1=C1CCCCC1. The lowest BCUT2D eigenvalue weighted by atomic mass is 9.85. The Labute approximate surface area is 162 Å². The second-order valence-electron chi connectivity index (χ2n) is 7.72. The third-order valence-electron chi connectivity index (χ3n) is 6.44. The van der Waals surface area contributed by atoms with Crippen molar-refractivity contribution in [2.24, 2.45) is 23.7 Å². The number of anilines is 1. The number of fused-ring (bicyclic) bond motifs is 5. The summed E-state index contributed by atoms with van der Waals surface area (Å²) in [6, 6.07) is 4.94. The number of imide groups is 1. The van der Waals surface area contributed by atoms with Gasteiger partial charge in [0, 0.05) is 11.8 Å². The van der Waals surface area contributed by atoms with Crippen molar-refractivity contribution in [1.29, 1.82) is 0 Å². The Bertz CT molecular complexity index is 846. The van der Waals surface area contributed by atoms with Gasteiger partial charge in [-0.05, 0) is 43.9 Å². The van der Waals surface area contributed by atoms with Gasteiger partial charge in [-0.3, -0.25) is 9.59 Å². The molecule has 0 spiro atoms. The van der Waals surface area contributed by atoms with Crippen molar-refractivity contribution >= 4 is 40.7 Å². The first kappa shape index (κ1) is 16.6. The minimum Gasteiger partial charge on any atom is -0.274 e. The summed E-state index contributed by atoms with van der Waals surface area (Å²) in [6.45, 7) is 0. The summed E-state index contributed by atoms with van der Waals surface area (Å²) >= 11 is 12.1. The number of carbonyl (C=O) groups excluding carboxylic acids is 2. The van der Waals surface area contributed by atoms with E-state index in [4.69, 9.17) is 23.2 Å². The number of halogens is 2. The molecule has 26 heavy (non-hydrogen) atoms. The van der Waals surface area contributed by atoms with Gasteiger partial charge in [0.15, 0.2) is 0 Å². The van der Waals surface area contributed by atoms with Gasteiger partial charge >= 0.3 is 0 Å². The normalized spacial score (nSPS) is 32.8. The van der Waals surface area contributed by atoms with Crippen LogP contribution in [-0.4, -0.2) is 11.8 Å². The third kappa shape index (κ3) is 2.20. The van der Waals surface area contributed by atoms with E-state index in [1.807, 2.05) is 0 Å².